The van der Waals surface area contributed by atoms with Crippen LogP contribution in [-0.4, -0.2) is 43.8 Å². The van der Waals surface area contributed by atoms with Gasteiger partial charge in [-0.3, -0.25) is 4.79 Å². The van der Waals surface area contributed by atoms with Crippen LogP contribution in [0.4, 0.5) is 0 Å². The fourth-order valence-electron chi connectivity index (χ4n) is 1.32. The lowest BCUT2D eigenvalue weighted by atomic mass is 10.0. The second kappa shape index (κ2) is 3.29. The highest BCUT2D eigenvalue weighted by atomic mass is 32.2. The van der Waals surface area contributed by atoms with Gasteiger partial charge in [0.25, 0.3) is 0 Å². The van der Waals surface area contributed by atoms with Crippen LogP contribution in [0.5, 0.6) is 0 Å². The van der Waals surface area contributed by atoms with Crippen molar-refractivity contribution in [2.45, 2.75) is 19.1 Å². The highest BCUT2D eigenvalue weighted by Gasteiger charge is 2.34. The summed E-state index contributed by atoms with van der Waals surface area (Å²) in [5.74, 6) is 0.247. The van der Waals surface area contributed by atoms with Gasteiger partial charge in [0.1, 0.15) is 5.25 Å². The molecule has 0 N–H and O–H groups in total. The summed E-state index contributed by atoms with van der Waals surface area (Å²) in [7, 11) is -3.23. The molecule has 0 radical (unpaired) electrons. The topological polar surface area (TPSA) is 54.5 Å². The predicted octanol–water partition coefficient (Wildman–Crippen LogP) is -0.102. The molecule has 0 aromatic heterocycles. The molecule has 4 nitrogen and oxygen atoms in total. The Balaban J connectivity index is 2.59. The minimum absolute atomic E-state index is 0.263. The molecule has 1 unspecified atom stereocenters. The Bertz CT molecular complexity index is 303. The quantitative estimate of drug-likeness (QED) is 0.632. The maximum Gasteiger partial charge on any atom is 0.240 e. The summed E-state index contributed by atoms with van der Waals surface area (Å²) in [5, 5.41) is -0.889. The monoisotopic (exact) mass is 205 g/mol. The molecular weight excluding hydrogens is 190 g/mol. The maximum atomic E-state index is 11.5. The van der Waals surface area contributed by atoms with Crippen molar-refractivity contribution in [2.24, 2.45) is 5.92 Å². The largest absolute Gasteiger partial charge is 0.341 e. The van der Waals surface area contributed by atoms with Crippen LogP contribution in [-0.2, 0) is 14.6 Å². The first-order valence-corrected chi connectivity index (χ1v) is 6.25. The Morgan fingerprint density at radius 3 is 2.23 bits per heavy atom. The third-order valence-corrected chi connectivity index (χ3v) is 3.85. The molecule has 0 spiro atoms. The maximum absolute atomic E-state index is 11.5. The molecular formula is C8H15NO3S. The smallest absolute Gasteiger partial charge is 0.240 e. The lowest BCUT2D eigenvalue weighted by Crippen LogP contribution is -2.53. The van der Waals surface area contributed by atoms with Crippen LogP contribution in [0.3, 0.4) is 0 Å². The number of sulfone groups is 1. The molecule has 1 fully saturated rings. The Morgan fingerprint density at radius 1 is 1.46 bits per heavy atom. The van der Waals surface area contributed by atoms with E-state index < -0.39 is 15.1 Å². The molecule has 5 heteroatoms. The zero-order valence-electron chi connectivity index (χ0n) is 8.15. The summed E-state index contributed by atoms with van der Waals surface area (Å²) in [6, 6.07) is 0. The summed E-state index contributed by atoms with van der Waals surface area (Å²) in [4.78, 5) is 13.1. The summed E-state index contributed by atoms with van der Waals surface area (Å²) < 4.78 is 22.1. The Hall–Kier alpha value is -0.580. The highest BCUT2D eigenvalue weighted by Crippen LogP contribution is 2.17. The number of likely N-dealkylation sites (tertiary alicyclic amines) is 1. The molecule has 0 aromatic carbocycles. The third-order valence-electron chi connectivity index (χ3n) is 2.37. The van der Waals surface area contributed by atoms with Crippen molar-refractivity contribution in [3.63, 3.8) is 0 Å². The van der Waals surface area contributed by atoms with Gasteiger partial charge >= 0.3 is 0 Å². The summed E-state index contributed by atoms with van der Waals surface area (Å²) in [5.41, 5.74) is 0. The number of carbonyl (C=O) groups excluding carboxylic acids is 1. The average Bonchev–Trinajstić information content (AvgIpc) is 1.94. The molecule has 1 aliphatic rings. The van der Waals surface area contributed by atoms with E-state index in [1.807, 2.05) is 6.92 Å². The van der Waals surface area contributed by atoms with Crippen molar-refractivity contribution in [3.8, 4) is 0 Å². The van der Waals surface area contributed by atoms with E-state index >= 15 is 0 Å². The van der Waals surface area contributed by atoms with E-state index in [1.54, 1.807) is 4.90 Å². The van der Waals surface area contributed by atoms with E-state index in [0.29, 0.717) is 19.0 Å². The van der Waals surface area contributed by atoms with E-state index in [1.165, 1.54) is 6.92 Å². The molecule has 1 rings (SSSR count). The fraction of sp³-hybridized carbons (Fsp3) is 0.875. The molecule has 1 aliphatic heterocycles. The second-order valence-electron chi connectivity index (χ2n) is 3.82. The number of carbonyl (C=O) groups is 1. The molecule has 76 valence electrons. The van der Waals surface area contributed by atoms with Gasteiger partial charge in [-0.1, -0.05) is 6.92 Å². The fourth-order valence-corrected chi connectivity index (χ4v) is 1.83. The van der Waals surface area contributed by atoms with Crippen molar-refractivity contribution in [1.82, 2.24) is 4.90 Å². The van der Waals surface area contributed by atoms with Gasteiger partial charge in [0, 0.05) is 19.3 Å². The van der Waals surface area contributed by atoms with Crippen LogP contribution < -0.4 is 0 Å². The van der Waals surface area contributed by atoms with Gasteiger partial charge in [-0.25, -0.2) is 8.42 Å². The summed E-state index contributed by atoms with van der Waals surface area (Å²) in [6.07, 6.45) is 1.10. The zero-order chi connectivity index (χ0) is 10.2. The first kappa shape index (κ1) is 10.5. The number of hydrogen-bond acceptors (Lipinski definition) is 3. The molecule has 0 bridgehead atoms. The van der Waals surface area contributed by atoms with Crippen LogP contribution in [0.25, 0.3) is 0 Å². The summed E-state index contributed by atoms with van der Waals surface area (Å²) >= 11 is 0. The number of nitrogens with zero attached hydrogens (tertiary/aromatic N) is 1. The number of amides is 1. The normalized spacial score (nSPS) is 21.0. The van der Waals surface area contributed by atoms with Gasteiger partial charge in [0.15, 0.2) is 9.84 Å². The van der Waals surface area contributed by atoms with Gasteiger partial charge in [0.2, 0.25) is 5.91 Å². The van der Waals surface area contributed by atoms with Crippen molar-refractivity contribution in [3.05, 3.63) is 0 Å². The number of rotatable bonds is 2. The molecule has 1 heterocycles. The molecule has 13 heavy (non-hydrogen) atoms. The first-order chi connectivity index (χ1) is 5.82. The van der Waals surface area contributed by atoms with Crippen LogP contribution in [0, 0.1) is 5.92 Å². The van der Waals surface area contributed by atoms with Crippen molar-refractivity contribution in [1.29, 1.82) is 0 Å². The van der Waals surface area contributed by atoms with Gasteiger partial charge in [0.05, 0.1) is 0 Å². The molecule has 1 atom stereocenters. The summed E-state index contributed by atoms with van der Waals surface area (Å²) in [6.45, 7) is 4.87. The second-order valence-corrected chi connectivity index (χ2v) is 6.19. The molecule has 1 saturated heterocycles. The third kappa shape index (κ3) is 2.21. The van der Waals surface area contributed by atoms with Crippen LogP contribution in [0.15, 0.2) is 0 Å². The van der Waals surface area contributed by atoms with E-state index in [4.69, 9.17) is 0 Å². The highest BCUT2D eigenvalue weighted by molar-refractivity contribution is 7.92. The molecule has 1 amide bonds. The zero-order valence-corrected chi connectivity index (χ0v) is 8.97. The van der Waals surface area contributed by atoms with Crippen molar-refractivity contribution in [2.75, 3.05) is 19.3 Å². The van der Waals surface area contributed by atoms with Crippen LogP contribution in [0.2, 0.25) is 0 Å². The van der Waals surface area contributed by atoms with Crippen molar-refractivity contribution >= 4 is 15.7 Å². The molecule has 0 aliphatic carbocycles. The predicted molar refractivity (Wildman–Crippen MR) is 50.0 cm³/mol. The van der Waals surface area contributed by atoms with Crippen molar-refractivity contribution < 1.29 is 13.2 Å². The SMILES string of the molecule is CC1CN(C(=O)C(C)S(C)(=O)=O)C1. The Morgan fingerprint density at radius 2 is 1.92 bits per heavy atom. The van der Waals surface area contributed by atoms with Crippen LogP contribution in [0.1, 0.15) is 13.8 Å². The standard InChI is InChI=1S/C8H15NO3S/c1-6-4-9(5-6)8(10)7(2)13(3,11)12/h6-7H,4-5H2,1-3H3. The number of hydrogen-bond donors (Lipinski definition) is 0. The van der Waals surface area contributed by atoms with E-state index in [-0.39, 0.29) is 5.91 Å². The minimum Gasteiger partial charge on any atom is -0.341 e. The van der Waals surface area contributed by atoms with E-state index in [9.17, 15) is 13.2 Å². The Labute approximate surface area is 78.8 Å². The van der Waals surface area contributed by atoms with E-state index in [2.05, 4.69) is 0 Å². The minimum atomic E-state index is -3.23. The van der Waals surface area contributed by atoms with Crippen LogP contribution >= 0.6 is 0 Å². The molecule has 0 aromatic rings. The first-order valence-electron chi connectivity index (χ1n) is 4.30. The molecule has 0 saturated carbocycles. The van der Waals surface area contributed by atoms with Gasteiger partial charge in [-0.05, 0) is 12.8 Å². The average molecular weight is 205 g/mol. The van der Waals surface area contributed by atoms with E-state index in [0.717, 1.165) is 6.26 Å². The van der Waals surface area contributed by atoms with Gasteiger partial charge in [-0.2, -0.15) is 0 Å². The van der Waals surface area contributed by atoms with Gasteiger partial charge < -0.3 is 4.90 Å². The Kier molecular flexibility index (Phi) is 2.66. The lowest BCUT2D eigenvalue weighted by molar-refractivity contribution is -0.136. The lowest BCUT2D eigenvalue weighted by Gasteiger charge is -2.38. The van der Waals surface area contributed by atoms with Gasteiger partial charge in [-0.15, -0.1) is 0 Å².